The first-order valence-corrected chi connectivity index (χ1v) is 9.72. The number of hydrogen-bond acceptors (Lipinski definition) is 6. The summed E-state index contributed by atoms with van der Waals surface area (Å²) in [6.45, 7) is 4.42. The minimum atomic E-state index is -0.247. The third kappa shape index (κ3) is 5.27. The lowest BCUT2D eigenvalue weighted by Gasteiger charge is -2.11. The quantitative estimate of drug-likeness (QED) is 0.646. The molecular weight excluding hydrogens is 364 g/mol. The summed E-state index contributed by atoms with van der Waals surface area (Å²) < 4.78 is 5.08. The van der Waals surface area contributed by atoms with Crippen LogP contribution in [0.3, 0.4) is 0 Å². The van der Waals surface area contributed by atoms with Gasteiger partial charge in [0.15, 0.2) is 5.13 Å². The van der Waals surface area contributed by atoms with E-state index in [0.717, 1.165) is 18.4 Å². The second-order valence-corrected chi connectivity index (χ2v) is 7.79. The number of ether oxygens (including phenoxy) is 1. The molecule has 0 spiro atoms. The first kappa shape index (κ1) is 19.3. The van der Waals surface area contributed by atoms with Gasteiger partial charge in [0.1, 0.15) is 4.88 Å². The molecule has 0 unspecified atom stereocenters. The van der Waals surface area contributed by atoms with Crippen molar-refractivity contribution < 1.29 is 14.3 Å². The molecule has 2 amide bonds. The van der Waals surface area contributed by atoms with Gasteiger partial charge in [-0.15, -0.1) is 0 Å². The van der Waals surface area contributed by atoms with E-state index in [-0.39, 0.29) is 17.9 Å². The highest BCUT2D eigenvalue weighted by Gasteiger charge is 2.24. The summed E-state index contributed by atoms with van der Waals surface area (Å²) in [4.78, 5) is 29.5. The van der Waals surface area contributed by atoms with E-state index in [0.29, 0.717) is 33.9 Å². The largest absolute Gasteiger partial charge is 0.383 e. The number of hydrogen-bond donors (Lipinski definition) is 3. The lowest BCUT2D eigenvalue weighted by atomic mass is 10.1. The molecule has 0 saturated heterocycles. The highest BCUT2D eigenvalue weighted by atomic mass is 32.1. The van der Waals surface area contributed by atoms with Gasteiger partial charge in [0.25, 0.3) is 11.8 Å². The van der Waals surface area contributed by atoms with E-state index in [1.54, 1.807) is 25.4 Å². The Morgan fingerprint density at radius 1 is 1.33 bits per heavy atom. The first-order chi connectivity index (χ1) is 13.0. The maximum absolute atomic E-state index is 12.6. The van der Waals surface area contributed by atoms with Gasteiger partial charge in [-0.1, -0.05) is 17.4 Å². The Morgan fingerprint density at radius 2 is 2.11 bits per heavy atom. The van der Waals surface area contributed by atoms with Gasteiger partial charge in [0.2, 0.25) is 0 Å². The van der Waals surface area contributed by atoms with Gasteiger partial charge in [0.05, 0.1) is 12.8 Å². The second-order valence-electron chi connectivity index (χ2n) is 6.76. The number of rotatable bonds is 8. The number of carbonyl (C=O) groups excluding carboxylic acids is 2. The van der Waals surface area contributed by atoms with Crippen LogP contribution in [0, 0.1) is 6.92 Å². The van der Waals surface area contributed by atoms with Crippen LogP contribution in [0.2, 0.25) is 0 Å². The fourth-order valence-electron chi connectivity index (χ4n) is 2.53. The SMILES string of the molecule is COC[C@H](C)Nc1ncc(C(=O)Nc2cc(C(=O)NC3CC3)ccc2C)s1. The molecule has 27 heavy (non-hydrogen) atoms. The van der Waals surface area contributed by atoms with Crippen molar-refractivity contribution in [3.05, 3.63) is 40.4 Å². The Hall–Kier alpha value is -2.45. The number of thiazole rings is 1. The summed E-state index contributed by atoms with van der Waals surface area (Å²) in [5.74, 6) is -0.354. The zero-order chi connectivity index (χ0) is 19.4. The van der Waals surface area contributed by atoms with E-state index >= 15 is 0 Å². The highest BCUT2D eigenvalue weighted by molar-refractivity contribution is 7.17. The van der Waals surface area contributed by atoms with Crippen molar-refractivity contribution in [2.24, 2.45) is 0 Å². The standard InChI is InChI=1S/C19H24N4O3S/c1-11-4-5-13(17(24)22-14-6-7-14)8-15(11)23-18(25)16-9-20-19(27-16)21-12(2)10-26-3/h4-5,8-9,12,14H,6-7,10H2,1-3H3,(H,20,21)(H,22,24)(H,23,25)/t12-/m0/s1. The number of nitrogens with zero attached hydrogens (tertiary/aromatic N) is 1. The van der Waals surface area contributed by atoms with Crippen LogP contribution in [-0.4, -0.2) is 42.6 Å². The number of carbonyl (C=O) groups is 2. The fraction of sp³-hybridized carbons (Fsp3) is 0.421. The van der Waals surface area contributed by atoms with Crippen molar-refractivity contribution in [2.45, 2.75) is 38.8 Å². The normalized spacial score (nSPS) is 14.5. The number of nitrogens with one attached hydrogen (secondary N) is 3. The molecule has 1 saturated carbocycles. The van der Waals surface area contributed by atoms with Crippen molar-refractivity contribution in [3.63, 3.8) is 0 Å². The summed E-state index contributed by atoms with van der Waals surface area (Å²) in [6, 6.07) is 5.71. The Labute approximate surface area is 162 Å². The summed E-state index contributed by atoms with van der Waals surface area (Å²) in [5.41, 5.74) is 2.06. The van der Waals surface area contributed by atoms with Gasteiger partial charge in [-0.2, -0.15) is 0 Å². The Balaban J connectivity index is 1.66. The molecule has 0 bridgehead atoms. The topological polar surface area (TPSA) is 92.3 Å². The van der Waals surface area contributed by atoms with Gasteiger partial charge in [-0.05, 0) is 44.4 Å². The highest BCUT2D eigenvalue weighted by Crippen LogP contribution is 2.23. The lowest BCUT2D eigenvalue weighted by Crippen LogP contribution is -2.25. The fourth-order valence-corrected chi connectivity index (χ4v) is 3.35. The molecule has 3 rings (SSSR count). The van der Waals surface area contributed by atoms with Gasteiger partial charge in [-0.25, -0.2) is 4.98 Å². The molecule has 144 valence electrons. The van der Waals surface area contributed by atoms with Gasteiger partial charge in [0, 0.05) is 30.4 Å². The number of benzene rings is 1. The number of methoxy groups -OCH3 is 1. The predicted molar refractivity (Wildman–Crippen MR) is 107 cm³/mol. The number of aromatic nitrogens is 1. The van der Waals surface area contributed by atoms with Gasteiger partial charge in [-0.3, -0.25) is 9.59 Å². The maximum Gasteiger partial charge on any atom is 0.267 e. The summed E-state index contributed by atoms with van der Waals surface area (Å²) >= 11 is 1.28. The van der Waals surface area contributed by atoms with Crippen LogP contribution in [0.15, 0.2) is 24.4 Å². The minimum Gasteiger partial charge on any atom is -0.383 e. The van der Waals surface area contributed by atoms with Crippen molar-refractivity contribution in [1.29, 1.82) is 0 Å². The van der Waals surface area contributed by atoms with Crippen LogP contribution in [-0.2, 0) is 4.74 Å². The molecule has 8 heteroatoms. The number of anilines is 2. The zero-order valence-corrected chi connectivity index (χ0v) is 16.5. The molecule has 1 atom stereocenters. The van der Waals surface area contributed by atoms with Crippen LogP contribution in [0.1, 0.15) is 45.4 Å². The van der Waals surface area contributed by atoms with E-state index in [1.165, 1.54) is 11.3 Å². The molecule has 1 aromatic heterocycles. The van der Waals surface area contributed by atoms with E-state index < -0.39 is 0 Å². The average Bonchev–Trinajstić information content (AvgIpc) is 3.32. The van der Waals surface area contributed by atoms with E-state index in [4.69, 9.17) is 4.74 Å². The smallest absolute Gasteiger partial charge is 0.267 e. The molecular formula is C19H24N4O3S. The van der Waals surface area contributed by atoms with Crippen molar-refractivity contribution in [2.75, 3.05) is 24.4 Å². The zero-order valence-electron chi connectivity index (χ0n) is 15.7. The molecule has 0 aliphatic heterocycles. The Morgan fingerprint density at radius 3 is 2.81 bits per heavy atom. The van der Waals surface area contributed by atoms with Gasteiger partial charge < -0.3 is 20.7 Å². The van der Waals surface area contributed by atoms with Crippen LogP contribution in [0.4, 0.5) is 10.8 Å². The molecule has 2 aromatic rings. The number of aryl methyl sites for hydroxylation is 1. The predicted octanol–water partition coefficient (Wildman–Crippen LogP) is 3.04. The second kappa shape index (κ2) is 8.49. The van der Waals surface area contributed by atoms with E-state index in [9.17, 15) is 9.59 Å². The molecule has 1 fully saturated rings. The third-order valence-electron chi connectivity index (χ3n) is 4.18. The summed E-state index contributed by atoms with van der Waals surface area (Å²) in [6.07, 6.45) is 3.61. The molecule has 1 aromatic carbocycles. The molecule has 7 nitrogen and oxygen atoms in total. The monoisotopic (exact) mass is 388 g/mol. The van der Waals surface area contributed by atoms with Crippen molar-refractivity contribution in [3.8, 4) is 0 Å². The minimum absolute atomic E-state index is 0.0981. The van der Waals surface area contributed by atoms with Crippen molar-refractivity contribution >= 4 is 34.0 Å². The Bertz CT molecular complexity index is 832. The van der Waals surface area contributed by atoms with E-state index in [1.807, 2.05) is 19.9 Å². The summed E-state index contributed by atoms with van der Waals surface area (Å²) in [7, 11) is 1.64. The molecule has 1 aliphatic carbocycles. The molecule has 3 N–H and O–H groups in total. The van der Waals surface area contributed by atoms with Crippen LogP contribution in [0.5, 0.6) is 0 Å². The number of amides is 2. The molecule has 1 aliphatic rings. The summed E-state index contributed by atoms with van der Waals surface area (Å²) in [5, 5.41) is 9.69. The van der Waals surface area contributed by atoms with Gasteiger partial charge >= 0.3 is 0 Å². The van der Waals surface area contributed by atoms with Crippen LogP contribution >= 0.6 is 11.3 Å². The Kier molecular flexibility index (Phi) is 6.08. The maximum atomic E-state index is 12.6. The molecule has 1 heterocycles. The van der Waals surface area contributed by atoms with Crippen LogP contribution in [0.25, 0.3) is 0 Å². The lowest BCUT2D eigenvalue weighted by molar-refractivity contribution is 0.0949. The van der Waals surface area contributed by atoms with Crippen LogP contribution < -0.4 is 16.0 Å². The third-order valence-corrected chi connectivity index (χ3v) is 5.10. The first-order valence-electron chi connectivity index (χ1n) is 8.90. The average molecular weight is 388 g/mol. The van der Waals surface area contributed by atoms with Crippen molar-refractivity contribution in [1.82, 2.24) is 10.3 Å². The molecule has 0 radical (unpaired) electrons. The van der Waals surface area contributed by atoms with E-state index in [2.05, 4.69) is 20.9 Å².